The highest BCUT2D eigenvalue weighted by molar-refractivity contribution is 5.87. The van der Waals surface area contributed by atoms with Crippen molar-refractivity contribution in [2.24, 2.45) is 5.92 Å². The summed E-state index contributed by atoms with van der Waals surface area (Å²) in [5, 5.41) is 4.78. The molecule has 0 bridgehead atoms. The highest BCUT2D eigenvalue weighted by atomic mass is 16.2. The first-order chi connectivity index (χ1) is 8.16. The van der Waals surface area contributed by atoms with Crippen LogP contribution in [0.2, 0.25) is 0 Å². The van der Waals surface area contributed by atoms with Crippen molar-refractivity contribution >= 4 is 11.8 Å². The molecule has 2 fully saturated rings. The number of piperidine rings is 1. The fraction of sp³-hybridized carbons (Fsp3) is 0.833. The third kappa shape index (κ3) is 3.19. The van der Waals surface area contributed by atoms with Gasteiger partial charge >= 0.3 is 0 Å². The summed E-state index contributed by atoms with van der Waals surface area (Å²) in [6, 6.07) is -0.212. The summed E-state index contributed by atoms with van der Waals surface area (Å²) in [4.78, 5) is 25.5. The first-order valence-corrected chi connectivity index (χ1v) is 6.55. The van der Waals surface area contributed by atoms with Gasteiger partial charge in [0.15, 0.2) is 6.04 Å². The highest BCUT2D eigenvalue weighted by Crippen LogP contribution is 2.16. The van der Waals surface area contributed by atoms with E-state index >= 15 is 0 Å². The van der Waals surface area contributed by atoms with Crippen molar-refractivity contribution < 1.29 is 14.9 Å². The Kier molecular flexibility index (Phi) is 3.99. The topological polar surface area (TPSA) is 66.0 Å². The fourth-order valence-corrected chi connectivity index (χ4v) is 2.47. The van der Waals surface area contributed by atoms with Crippen molar-refractivity contribution in [2.75, 3.05) is 26.2 Å². The molecule has 0 saturated carbocycles. The van der Waals surface area contributed by atoms with Gasteiger partial charge in [0.2, 0.25) is 5.91 Å². The van der Waals surface area contributed by atoms with Crippen molar-refractivity contribution in [3.8, 4) is 0 Å². The molecule has 2 aliphatic rings. The van der Waals surface area contributed by atoms with E-state index in [9.17, 15) is 9.59 Å². The molecule has 2 heterocycles. The van der Waals surface area contributed by atoms with E-state index in [1.165, 1.54) is 0 Å². The van der Waals surface area contributed by atoms with E-state index in [2.05, 4.69) is 12.2 Å². The molecule has 17 heavy (non-hydrogen) atoms. The van der Waals surface area contributed by atoms with Crippen LogP contribution in [0.4, 0.5) is 0 Å². The summed E-state index contributed by atoms with van der Waals surface area (Å²) in [7, 11) is 0. The van der Waals surface area contributed by atoms with E-state index in [0.717, 1.165) is 38.4 Å². The summed E-state index contributed by atoms with van der Waals surface area (Å²) in [6.45, 7) is 5.53. The minimum Gasteiger partial charge on any atom is -0.345 e. The Hall–Kier alpha value is -1.10. The van der Waals surface area contributed by atoms with Crippen molar-refractivity contribution in [2.45, 2.75) is 32.2 Å². The van der Waals surface area contributed by atoms with Gasteiger partial charge in [-0.1, -0.05) is 6.92 Å². The molecular weight excluding hydrogens is 218 g/mol. The summed E-state index contributed by atoms with van der Waals surface area (Å²) >= 11 is 0. The van der Waals surface area contributed by atoms with Gasteiger partial charge < -0.3 is 15.5 Å². The van der Waals surface area contributed by atoms with Crippen LogP contribution in [0.15, 0.2) is 0 Å². The number of nitrogens with zero attached hydrogens (tertiary/aromatic N) is 1. The Morgan fingerprint density at radius 3 is 2.82 bits per heavy atom. The van der Waals surface area contributed by atoms with Gasteiger partial charge in [-0.15, -0.1) is 0 Å². The van der Waals surface area contributed by atoms with Crippen LogP contribution in [0.1, 0.15) is 26.2 Å². The largest absolute Gasteiger partial charge is 0.345 e. The molecule has 0 unspecified atom stereocenters. The molecule has 0 aliphatic carbocycles. The molecule has 2 saturated heterocycles. The van der Waals surface area contributed by atoms with E-state index < -0.39 is 0 Å². The van der Waals surface area contributed by atoms with Gasteiger partial charge in [-0.05, 0) is 18.8 Å². The zero-order chi connectivity index (χ0) is 12.3. The minimum absolute atomic E-state index is 0.00924. The molecule has 1 atom stereocenters. The third-order valence-electron chi connectivity index (χ3n) is 3.76. The maximum Gasteiger partial charge on any atom is 0.278 e. The molecule has 0 aromatic heterocycles. The number of nitrogens with two attached hydrogens (primary N) is 1. The van der Waals surface area contributed by atoms with Crippen molar-refractivity contribution in [1.82, 2.24) is 10.2 Å². The van der Waals surface area contributed by atoms with Crippen LogP contribution in [-0.2, 0) is 9.59 Å². The van der Waals surface area contributed by atoms with Gasteiger partial charge in [-0.2, -0.15) is 0 Å². The molecule has 3 N–H and O–H groups in total. The van der Waals surface area contributed by atoms with Crippen LogP contribution in [0.25, 0.3) is 0 Å². The van der Waals surface area contributed by atoms with Gasteiger partial charge in [0.1, 0.15) is 0 Å². The number of amides is 2. The molecule has 0 aromatic rings. The van der Waals surface area contributed by atoms with E-state index in [1.54, 1.807) is 0 Å². The highest BCUT2D eigenvalue weighted by Gasteiger charge is 2.30. The number of hydrogen-bond donors (Lipinski definition) is 2. The Balaban J connectivity index is 1.82. The zero-order valence-corrected chi connectivity index (χ0v) is 10.4. The number of rotatable bonds is 2. The molecule has 2 rings (SSSR count). The number of carbonyl (C=O) groups is 2. The predicted octanol–water partition coefficient (Wildman–Crippen LogP) is -1.30. The lowest BCUT2D eigenvalue weighted by molar-refractivity contribution is -0.678. The Morgan fingerprint density at radius 1 is 1.47 bits per heavy atom. The van der Waals surface area contributed by atoms with Crippen LogP contribution in [0.5, 0.6) is 0 Å². The van der Waals surface area contributed by atoms with E-state index in [-0.39, 0.29) is 17.9 Å². The average molecular weight is 240 g/mol. The quantitative estimate of drug-likeness (QED) is 0.630. The van der Waals surface area contributed by atoms with Gasteiger partial charge in [0.05, 0.1) is 19.5 Å². The normalized spacial score (nSPS) is 26.8. The van der Waals surface area contributed by atoms with Crippen LogP contribution in [0.3, 0.4) is 0 Å². The Morgan fingerprint density at radius 2 is 2.18 bits per heavy atom. The Bertz CT molecular complexity index is 298. The second kappa shape index (κ2) is 5.49. The zero-order valence-electron chi connectivity index (χ0n) is 10.4. The second-order valence-corrected chi connectivity index (χ2v) is 5.19. The molecule has 96 valence electrons. The van der Waals surface area contributed by atoms with Gasteiger partial charge in [-0.25, -0.2) is 0 Å². The molecule has 0 aromatic carbocycles. The van der Waals surface area contributed by atoms with Gasteiger partial charge in [0.25, 0.3) is 5.91 Å². The number of likely N-dealkylation sites (tertiary alicyclic amines) is 1. The van der Waals surface area contributed by atoms with E-state index in [4.69, 9.17) is 0 Å². The van der Waals surface area contributed by atoms with Crippen LogP contribution in [-0.4, -0.2) is 48.9 Å². The van der Waals surface area contributed by atoms with Crippen molar-refractivity contribution in [3.63, 3.8) is 0 Å². The smallest absolute Gasteiger partial charge is 0.278 e. The van der Waals surface area contributed by atoms with Crippen LogP contribution < -0.4 is 10.6 Å². The standard InChI is InChI=1S/C12H21N3O2/c1-9-2-6-15(7-3-9)11(16)8-10-12(17)14-5-4-13-10/h9-10,13H,2-8H2,1H3,(H,14,17)/p+1/t10-/m0/s1. The summed E-state index contributed by atoms with van der Waals surface area (Å²) in [6.07, 6.45) is 2.53. The fourth-order valence-electron chi connectivity index (χ4n) is 2.47. The third-order valence-corrected chi connectivity index (χ3v) is 3.76. The first-order valence-electron chi connectivity index (χ1n) is 6.55. The predicted molar refractivity (Wildman–Crippen MR) is 63.2 cm³/mol. The minimum atomic E-state index is -0.212. The van der Waals surface area contributed by atoms with Gasteiger partial charge in [0, 0.05) is 13.1 Å². The van der Waals surface area contributed by atoms with E-state index in [1.807, 2.05) is 10.2 Å². The maximum atomic E-state index is 12.0. The van der Waals surface area contributed by atoms with Crippen molar-refractivity contribution in [3.05, 3.63) is 0 Å². The molecule has 0 radical (unpaired) electrons. The molecule has 2 amide bonds. The summed E-state index contributed by atoms with van der Waals surface area (Å²) in [5.41, 5.74) is 0. The molecule has 2 aliphatic heterocycles. The summed E-state index contributed by atoms with van der Waals surface area (Å²) < 4.78 is 0. The Labute approximate surface area is 102 Å². The van der Waals surface area contributed by atoms with Crippen LogP contribution in [0, 0.1) is 5.92 Å². The molecule has 5 nitrogen and oxygen atoms in total. The van der Waals surface area contributed by atoms with Crippen molar-refractivity contribution in [1.29, 1.82) is 0 Å². The number of nitrogens with one attached hydrogen (secondary N) is 1. The SMILES string of the molecule is CC1CCN(C(=O)C[C@@H]2[NH2+]CCNC2=O)CC1. The average Bonchev–Trinajstić information content (AvgIpc) is 2.33. The molecule has 0 spiro atoms. The number of quaternary nitrogens is 1. The van der Waals surface area contributed by atoms with E-state index in [0.29, 0.717) is 13.0 Å². The number of carbonyl (C=O) groups excluding carboxylic acids is 2. The lowest BCUT2D eigenvalue weighted by Gasteiger charge is -2.31. The number of hydrogen-bond acceptors (Lipinski definition) is 2. The van der Waals surface area contributed by atoms with Crippen LogP contribution >= 0.6 is 0 Å². The maximum absolute atomic E-state index is 12.0. The number of piperazine rings is 1. The van der Waals surface area contributed by atoms with Gasteiger partial charge in [-0.3, -0.25) is 9.59 Å². The second-order valence-electron chi connectivity index (χ2n) is 5.19. The molecule has 5 heteroatoms. The molecular formula is C12H22N3O2+. The summed E-state index contributed by atoms with van der Waals surface area (Å²) in [5.74, 6) is 0.869. The lowest BCUT2D eigenvalue weighted by Crippen LogP contribution is -2.96. The first kappa shape index (κ1) is 12.4. The monoisotopic (exact) mass is 240 g/mol. The lowest BCUT2D eigenvalue weighted by atomic mass is 9.98.